The van der Waals surface area contributed by atoms with Crippen LogP contribution in [0.3, 0.4) is 0 Å². The number of rotatable bonds is 18. The molecule has 0 unspecified atom stereocenters. The van der Waals surface area contributed by atoms with Crippen LogP contribution in [0.4, 0.5) is 0 Å². The molecule has 1 aromatic heterocycles. The maximum atomic E-state index is 13.1. The fraction of sp³-hybridized carbons (Fsp3) is 0.556. The highest BCUT2D eigenvalue weighted by Gasteiger charge is 2.16. The zero-order chi connectivity index (χ0) is 30.5. The van der Waals surface area contributed by atoms with Crippen molar-refractivity contribution in [2.24, 2.45) is 23.7 Å². The third-order valence-corrected chi connectivity index (χ3v) is 7.67. The summed E-state index contributed by atoms with van der Waals surface area (Å²) in [5, 5.41) is 0.675. The second kappa shape index (κ2) is 17.0. The van der Waals surface area contributed by atoms with Crippen molar-refractivity contribution in [2.75, 3.05) is 13.2 Å². The van der Waals surface area contributed by atoms with Crippen LogP contribution >= 0.6 is 0 Å². The van der Waals surface area contributed by atoms with E-state index in [4.69, 9.17) is 18.6 Å². The van der Waals surface area contributed by atoms with Crippen LogP contribution in [-0.4, -0.2) is 19.2 Å². The SMILES string of the molecule is CC(C)CCC[C@@H](C)CCOc1ccc(C(=O)Oc2ccc3oc(=O)ccc3c2)cc1OCC[C@H](C)CCCC(C)C. The highest BCUT2D eigenvalue weighted by molar-refractivity contribution is 5.92. The van der Waals surface area contributed by atoms with Gasteiger partial charge >= 0.3 is 11.6 Å². The molecule has 230 valence electrons. The van der Waals surface area contributed by atoms with Gasteiger partial charge in [0.05, 0.1) is 18.8 Å². The van der Waals surface area contributed by atoms with Crippen LogP contribution in [0.5, 0.6) is 17.2 Å². The normalized spacial score (nSPS) is 13.0. The second-order valence-corrected chi connectivity index (χ2v) is 12.6. The predicted octanol–water partition coefficient (Wildman–Crippen LogP) is 9.47. The fourth-order valence-electron chi connectivity index (χ4n) is 4.92. The molecule has 1 heterocycles. The van der Waals surface area contributed by atoms with Gasteiger partial charge < -0.3 is 18.6 Å². The number of fused-ring (bicyclic) bond motifs is 1. The molecule has 0 fully saturated rings. The third-order valence-electron chi connectivity index (χ3n) is 7.67. The van der Waals surface area contributed by atoms with Crippen molar-refractivity contribution in [3.05, 3.63) is 64.5 Å². The molecule has 0 amide bonds. The van der Waals surface area contributed by atoms with Crippen molar-refractivity contribution in [1.29, 1.82) is 0 Å². The summed E-state index contributed by atoms with van der Waals surface area (Å²) < 4.78 is 23.2. The van der Waals surface area contributed by atoms with Crippen molar-refractivity contribution in [2.45, 2.75) is 92.9 Å². The summed E-state index contributed by atoms with van der Waals surface area (Å²) in [5.74, 6) is 3.69. The summed E-state index contributed by atoms with van der Waals surface area (Å²) in [6, 6.07) is 13.1. The van der Waals surface area contributed by atoms with Gasteiger partial charge in [0.1, 0.15) is 11.3 Å². The smallest absolute Gasteiger partial charge is 0.343 e. The van der Waals surface area contributed by atoms with Gasteiger partial charge in [-0.05, 0) is 79.0 Å². The Morgan fingerprint density at radius 2 is 1.31 bits per heavy atom. The van der Waals surface area contributed by atoms with Gasteiger partial charge in [0.15, 0.2) is 11.5 Å². The monoisotopic (exact) mass is 578 g/mol. The number of carbonyl (C=O) groups excluding carboxylic acids is 1. The lowest BCUT2D eigenvalue weighted by Crippen LogP contribution is -2.11. The maximum Gasteiger partial charge on any atom is 0.343 e. The zero-order valence-electron chi connectivity index (χ0n) is 26.4. The average Bonchev–Trinajstić information content (AvgIpc) is 2.93. The van der Waals surface area contributed by atoms with Gasteiger partial charge in [-0.25, -0.2) is 9.59 Å². The summed E-state index contributed by atoms with van der Waals surface area (Å²) in [5.41, 5.74) is 0.392. The van der Waals surface area contributed by atoms with Crippen LogP contribution < -0.4 is 19.8 Å². The molecule has 0 bridgehead atoms. The van der Waals surface area contributed by atoms with Gasteiger partial charge in [0, 0.05) is 11.5 Å². The van der Waals surface area contributed by atoms with Crippen molar-refractivity contribution in [3.63, 3.8) is 0 Å². The Hall–Kier alpha value is -3.28. The first-order chi connectivity index (χ1) is 20.1. The molecular formula is C36H50O6. The molecule has 42 heavy (non-hydrogen) atoms. The lowest BCUT2D eigenvalue weighted by Gasteiger charge is -2.17. The van der Waals surface area contributed by atoms with Crippen LogP contribution in [-0.2, 0) is 0 Å². The Kier molecular flexibility index (Phi) is 13.4. The van der Waals surface area contributed by atoms with Crippen LogP contribution in [0.1, 0.15) is 103 Å². The molecule has 3 aromatic rings. The molecule has 2 aromatic carbocycles. The average molecular weight is 579 g/mol. The Balaban J connectivity index is 1.65. The number of hydrogen-bond acceptors (Lipinski definition) is 6. The molecule has 0 radical (unpaired) electrons. The molecule has 3 rings (SSSR count). The Labute approximate surface area is 251 Å². The summed E-state index contributed by atoms with van der Waals surface area (Å²) in [6.45, 7) is 14.8. The first-order valence-electron chi connectivity index (χ1n) is 15.8. The lowest BCUT2D eigenvalue weighted by atomic mass is 9.97. The van der Waals surface area contributed by atoms with E-state index in [0.29, 0.717) is 58.8 Å². The molecule has 6 heteroatoms. The molecule has 2 atom stereocenters. The topological polar surface area (TPSA) is 75.0 Å². The van der Waals surface area contributed by atoms with Crippen LogP contribution in [0, 0.1) is 23.7 Å². The molecule has 0 N–H and O–H groups in total. The largest absolute Gasteiger partial charge is 0.490 e. The quantitative estimate of drug-likeness (QED) is 0.0850. The van der Waals surface area contributed by atoms with E-state index in [9.17, 15) is 9.59 Å². The number of esters is 1. The third kappa shape index (κ3) is 11.5. The van der Waals surface area contributed by atoms with E-state index in [-0.39, 0.29) is 0 Å². The second-order valence-electron chi connectivity index (χ2n) is 12.6. The molecule has 6 nitrogen and oxygen atoms in total. The van der Waals surface area contributed by atoms with Gasteiger partial charge in [0.25, 0.3) is 0 Å². The van der Waals surface area contributed by atoms with Gasteiger partial charge in [0.2, 0.25) is 0 Å². The van der Waals surface area contributed by atoms with Gasteiger partial charge in [-0.3, -0.25) is 0 Å². The van der Waals surface area contributed by atoms with Crippen LogP contribution in [0.2, 0.25) is 0 Å². The van der Waals surface area contributed by atoms with E-state index in [0.717, 1.165) is 24.7 Å². The molecule has 0 aliphatic rings. The minimum atomic E-state index is -0.496. The Morgan fingerprint density at radius 3 is 1.93 bits per heavy atom. The molecular weight excluding hydrogens is 528 g/mol. The van der Waals surface area contributed by atoms with Gasteiger partial charge in [-0.2, -0.15) is 0 Å². The van der Waals surface area contributed by atoms with Crippen molar-refractivity contribution in [3.8, 4) is 17.2 Å². The number of hydrogen-bond donors (Lipinski definition) is 0. The number of benzene rings is 2. The minimum Gasteiger partial charge on any atom is -0.490 e. The summed E-state index contributed by atoms with van der Waals surface area (Å²) in [7, 11) is 0. The Bertz CT molecular complexity index is 1310. The molecule has 0 spiro atoms. The van der Waals surface area contributed by atoms with Crippen LogP contribution in [0.15, 0.2) is 57.7 Å². The molecule has 0 saturated heterocycles. The number of ether oxygens (including phenoxy) is 3. The summed E-state index contributed by atoms with van der Waals surface area (Å²) >= 11 is 0. The van der Waals surface area contributed by atoms with E-state index >= 15 is 0 Å². The molecule has 0 aliphatic carbocycles. The Morgan fingerprint density at radius 1 is 0.690 bits per heavy atom. The predicted molar refractivity (Wildman–Crippen MR) is 170 cm³/mol. The first-order valence-corrected chi connectivity index (χ1v) is 15.8. The highest BCUT2D eigenvalue weighted by Crippen LogP contribution is 2.31. The standard InChI is InChI=1S/C36H50O6/c1-25(2)9-7-11-27(5)19-21-39-33-16-13-30(24-34(33)40-22-20-28(6)12-8-10-26(3)4)36(38)41-31-15-17-32-29(23-31)14-18-35(37)42-32/h13-18,23-28H,7-12,19-22H2,1-6H3/t27-,28-/m1/s1. The summed E-state index contributed by atoms with van der Waals surface area (Å²) in [6.07, 6.45) is 9.26. The summed E-state index contributed by atoms with van der Waals surface area (Å²) in [4.78, 5) is 24.5. The lowest BCUT2D eigenvalue weighted by molar-refractivity contribution is 0.0734. The fourth-order valence-corrected chi connectivity index (χ4v) is 4.92. The molecule has 0 aliphatic heterocycles. The van der Waals surface area contributed by atoms with Crippen molar-refractivity contribution >= 4 is 16.9 Å². The van der Waals surface area contributed by atoms with Gasteiger partial charge in [-0.1, -0.05) is 80.1 Å². The van der Waals surface area contributed by atoms with E-state index < -0.39 is 11.6 Å². The zero-order valence-corrected chi connectivity index (χ0v) is 26.4. The minimum absolute atomic E-state index is 0.367. The van der Waals surface area contributed by atoms with E-state index in [2.05, 4.69) is 41.5 Å². The molecule has 0 saturated carbocycles. The van der Waals surface area contributed by atoms with E-state index in [1.54, 1.807) is 42.5 Å². The van der Waals surface area contributed by atoms with E-state index in [1.165, 1.54) is 44.6 Å². The van der Waals surface area contributed by atoms with Crippen molar-refractivity contribution < 1.29 is 23.4 Å². The number of carbonyl (C=O) groups is 1. The van der Waals surface area contributed by atoms with Crippen molar-refractivity contribution in [1.82, 2.24) is 0 Å². The maximum absolute atomic E-state index is 13.1. The van der Waals surface area contributed by atoms with Crippen LogP contribution in [0.25, 0.3) is 11.0 Å². The highest BCUT2D eigenvalue weighted by atomic mass is 16.5. The first kappa shape index (κ1) is 33.2. The van der Waals surface area contributed by atoms with Gasteiger partial charge in [-0.15, -0.1) is 0 Å². The van der Waals surface area contributed by atoms with E-state index in [1.807, 2.05) is 0 Å².